The van der Waals surface area contributed by atoms with E-state index < -0.39 is 0 Å². The highest BCUT2D eigenvalue weighted by Gasteiger charge is 2.14. The fourth-order valence-corrected chi connectivity index (χ4v) is 2.43. The molecule has 0 fully saturated rings. The Kier molecular flexibility index (Phi) is 3.54. The molecule has 0 amide bonds. The average molecular weight is 281 g/mol. The Hall–Kier alpha value is -2.46. The molecule has 3 aromatic rings. The topological polar surface area (TPSA) is 42.2 Å². The molecule has 3 nitrogen and oxygen atoms in total. The van der Waals surface area contributed by atoms with Crippen molar-refractivity contribution in [2.75, 3.05) is 11.9 Å². The molecule has 0 radical (unpaired) electrons. The Balaban J connectivity index is 2.21. The second-order valence-electron chi connectivity index (χ2n) is 4.87. The summed E-state index contributed by atoms with van der Waals surface area (Å²) in [5.74, 6) is 0.433. The molecule has 2 aromatic carbocycles. The van der Waals surface area contributed by atoms with Crippen LogP contribution in [0.2, 0.25) is 0 Å². The first-order valence-electron chi connectivity index (χ1n) is 6.77. The van der Waals surface area contributed by atoms with Crippen LogP contribution in [0.1, 0.15) is 5.69 Å². The maximum atomic E-state index is 14.0. The van der Waals surface area contributed by atoms with Gasteiger partial charge in [-0.25, -0.2) is 9.37 Å². The molecule has 106 valence electrons. The number of benzene rings is 2. The second-order valence-corrected chi connectivity index (χ2v) is 4.87. The minimum atomic E-state index is -0.274. The first kappa shape index (κ1) is 13.5. The zero-order chi connectivity index (χ0) is 14.8. The van der Waals surface area contributed by atoms with E-state index in [9.17, 15) is 4.39 Å². The smallest absolute Gasteiger partial charge is 0.146 e. The number of aromatic nitrogens is 1. The molecule has 3 rings (SSSR count). The normalized spacial score (nSPS) is 10.8. The molecule has 1 heterocycles. The van der Waals surface area contributed by atoms with Gasteiger partial charge >= 0.3 is 0 Å². The summed E-state index contributed by atoms with van der Waals surface area (Å²) in [5, 5.41) is 2.02. The summed E-state index contributed by atoms with van der Waals surface area (Å²) in [6, 6.07) is 16.5. The zero-order valence-corrected chi connectivity index (χ0v) is 11.8. The first-order chi connectivity index (χ1) is 10.2. The number of halogens is 1. The van der Waals surface area contributed by atoms with Crippen LogP contribution in [0.25, 0.3) is 10.8 Å². The standard InChI is InChI=1S/C17H16FN3/c1-21(16-9-5-4-8-15(16)18)17-14-7-3-2-6-12(14)10-13(11-19)20-17/h2-10H,11,19H2,1H3. The van der Waals surface area contributed by atoms with Crippen LogP contribution in [0, 0.1) is 5.82 Å². The minimum absolute atomic E-state index is 0.274. The highest BCUT2D eigenvalue weighted by molar-refractivity contribution is 5.94. The lowest BCUT2D eigenvalue weighted by atomic mass is 10.1. The number of hydrogen-bond acceptors (Lipinski definition) is 3. The van der Waals surface area contributed by atoms with Gasteiger partial charge in [0.05, 0.1) is 11.4 Å². The third kappa shape index (κ3) is 2.45. The van der Waals surface area contributed by atoms with Gasteiger partial charge in [-0.15, -0.1) is 0 Å². The number of para-hydroxylation sites is 1. The molecule has 0 aliphatic heterocycles. The van der Waals surface area contributed by atoms with Gasteiger partial charge in [0.2, 0.25) is 0 Å². The molecule has 0 unspecified atom stereocenters. The van der Waals surface area contributed by atoms with Crippen molar-refractivity contribution in [2.45, 2.75) is 6.54 Å². The van der Waals surface area contributed by atoms with Crippen molar-refractivity contribution >= 4 is 22.3 Å². The van der Waals surface area contributed by atoms with Crippen LogP contribution >= 0.6 is 0 Å². The largest absolute Gasteiger partial charge is 0.326 e. The van der Waals surface area contributed by atoms with Gasteiger partial charge in [0.1, 0.15) is 11.6 Å². The fraction of sp³-hybridized carbons (Fsp3) is 0.118. The van der Waals surface area contributed by atoms with Crippen LogP contribution in [0.15, 0.2) is 54.6 Å². The third-order valence-electron chi connectivity index (χ3n) is 3.51. The molecule has 0 spiro atoms. The van der Waals surface area contributed by atoms with Crippen molar-refractivity contribution in [2.24, 2.45) is 5.73 Å². The summed E-state index contributed by atoms with van der Waals surface area (Å²) in [6.07, 6.45) is 0. The quantitative estimate of drug-likeness (QED) is 0.797. The summed E-state index contributed by atoms with van der Waals surface area (Å²) in [4.78, 5) is 6.33. The number of hydrogen-bond donors (Lipinski definition) is 1. The van der Waals surface area contributed by atoms with Crippen molar-refractivity contribution in [1.29, 1.82) is 0 Å². The van der Waals surface area contributed by atoms with E-state index in [-0.39, 0.29) is 5.82 Å². The van der Waals surface area contributed by atoms with Crippen molar-refractivity contribution < 1.29 is 4.39 Å². The Morgan fingerprint density at radius 3 is 2.57 bits per heavy atom. The van der Waals surface area contributed by atoms with E-state index in [0.29, 0.717) is 18.1 Å². The number of nitrogens with two attached hydrogens (primary N) is 1. The van der Waals surface area contributed by atoms with Crippen LogP contribution in [-0.2, 0) is 6.54 Å². The van der Waals surface area contributed by atoms with E-state index >= 15 is 0 Å². The summed E-state index contributed by atoms with van der Waals surface area (Å²) in [6.45, 7) is 0.350. The third-order valence-corrected chi connectivity index (χ3v) is 3.51. The first-order valence-corrected chi connectivity index (χ1v) is 6.77. The van der Waals surface area contributed by atoms with Gasteiger partial charge < -0.3 is 10.6 Å². The van der Waals surface area contributed by atoms with E-state index in [4.69, 9.17) is 5.73 Å². The van der Waals surface area contributed by atoms with Crippen LogP contribution in [-0.4, -0.2) is 12.0 Å². The summed E-state index contributed by atoms with van der Waals surface area (Å²) >= 11 is 0. The van der Waals surface area contributed by atoms with Crippen molar-refractivity contribution in [3.05, 3.63) is 66.1 Å². The lowest BCUT2D eigenvalue weighted by molar-refractivity contribution is 0.627. The predicted octanol–water partition coefficient (Wildman–Crippen LogP) is 3.60. The van der Waals surface area contributed by atoms with Crippen molar-refractivity contribution in [1.82, 2.24) is 4.98 Å². The lowest BCUT2D eigenvalue weighted by Gasteiger charge is -2.21. The van der Waals surface area contributed by atoms with Crippen LogP contribution in [0.4, 0.5) is 15.9 Å². The van der Waals surface area contributed by atoms with Gasteiger partial charge in [-0.2, -0.15) is 0 Å². The Morgan fingerprint density at radius 1 is 1.10 bits per heavy atom. The minimum Gasteiger partial charge on any atom is -0.326 e. The van der Waals surface area contributed by atoms with Crippen LogP contribution in [0.5, 0.6) is 0 Å². The molecular formula is C17H16FN3. The van der Waals surface area contributed by atoms with E-state index in [0.717, 1.165) is 16.5 Å². The Bertz CT molecular complexity index is 786. The fourth-order valence-electron chi connectivity index (χ4n) is 2.43. The molecule has 0 aliphatic carbocycles. The maximum absolute atomic E-state index is 14.0. The summed E-state index contributed by atoms with van der Waals surface area (Å²) in [7, 11) is 1.81. The Morgan fingerprint density at radius 2 is 1.81 bits per heavy atom. The van der Waals surface area contributed by atoms with Gasteiger partial charge in [-0.05, 0) is 23.6 Å². The van der Waals surface area contributed by atoms with Gasteiger partial charge in [-0.1, -0.05) is 36.4 Å². The van der Waals surface area contributed by atoms with Gasteiger partial charge in [0, 0.05) is 19.0 Å². The molecule has 1 aromatic heterocycles. The van der Waals surface area contributed by atoms with Crippen molar-refractivity contribution in [3.8, 4) is 0 Å². The van der Waals surface area contributed by atoms with Gasteiger partial charge in [-0.3, -0.25) is 0 Å². The Labute approximate surface area is 122 Å². The average Bonchev–Trinajstić information content (AvgIpc) is 2.53. The van der Waals surface area contributed by atoms with Crippen LogP contribution in [0.3, 0.4) is 0 Å². The number of rotatable bonds is 3. The molecule has 0 bridgehead atoms. The second kappa shape index (κ2) is 5.50. The molecule has 2 N–H and O–H groups in total. The van der Waals surface area contributed by atoms with E-state index in [2.05, 4.69) is 4.98 Å². The van der Waals surface area contributed by atoms with Crippen molar-refractivity contribution in [3.63, 3.8) is 0 Å². The zero-order valence-electron chi connectivity index (χ0n) is 11.8. The summed E-state index contributed by atoms with van der Waals surface area (Å²) < 4.78 is 14.0. The molecule has 21 heavy (non-hydrogen) atoms. The van der Waals surface area contributed by atoms with Gasteiger partial charge in [0.15, 0.2) is 0 Å². The molecule has 0 saturated carbocycles. The molecule has 0 atom stereocenters. The number of nitrogens with zero attached hydrogens (tertiary/aromatic N) is 2. The van der Waals surface area contributed by atoms with E-state index in [1.807, 2.05) is 43.4 Å². The maximum Gasteiger partial charge on any atom is 0.146 e. The molecular weight excluding hydrogens is 265 g/mol. The molecule has 4 heteroatoms. The number of pyridine rings is 1. The SMILES string of the molecule is CN(c1ccccc1F)c1nc(CN)cc2ccccc12. The molecule has 0 saturated heterocycles. The number of fused-ring (bicyclic) bond motifs is 1. The van der Waals surface area contributed by atoms with E-state index in [1.54, 1.807) is 17.0 Å². The lowest BCUT2D eigenvalue weighted by Crippen LogP contribution is -2.15. The highest BCUT2D eigenvalue weighted by atomic mass is 19.1. The monoisotopic (exact) mass is 281 g/mol. The molecule has 0 aliphatic rings. The predicted molar refractivity (Wildman–Crippen MR) is 84.1 cm³/mol. The van der Waals surface area contributed by atoms with E-state index in [1.165, 1.54) is 6.07 Å². The van der Waals surface area contributed by atoms with Crippen LogP contribution < -0.4 is 10.6 Å². The van der Waals surface area contributed by atoms with Gasteiger partial charge in [0.25, 0.3) is 0 Å². The number of anilines is 2. The summed E-state index contributed by atoms with van der Waals surface area (Å²) in [5.41, 5.74) is 7.00. The highest BCUT2D eigenvalue weighted by Crippen LogP contribution is 2.31.